The van der Waals surface area contributed by atoms with Crippen molar-refractivity contribution in [3.05, 3.63) is 72.4 Å². The predicted octanol–water partition coefficient (Wildman–Crippen LogP) is 10.1. The van der Waals surface area contributed by atoms with E-state index in [0.717, 1.165) is 41.2 Å². The van der Waals surface area contributed by atoms with Gasteiger partial charge in [0.25, 0.3) is 0 Å². The van der Waals surface area contributed by atoms with Crippen LogP contribution in [0.3, 0.4) is 0 Å². The first-order chi connectivity index (χ1) is 20.8. The Labute approximate surface area is 267 Å². The number of para-hydroxylation sites is 1. The largest absolute Gasteiger partial charge is 0.465 e. The molecular formula is C36H61N3O3S. The van der Waals surface area contributed by atoms with Crippen molar-refractivity contribution in [1.29, 1.82) is 0 Å². The van der Waals surface area contributed by atoms with E-state index in [2.05, 4.69) is 72.6 Å². The molecule has 0 aliphatic heterocycles. The first-order valence-electron chi connectivity index (χ1n) is 16.1. The molecule has 1 aliphatic rings. The summed E-state index contributed by atoms with van der Waals surface area (Å²) in [7, 11) is 0. The zero-order chi connectivity index (χ0) is 32.9. The van der Waals surface area contributed by atoms with Crippen molar-refractivity contribution in [1.82, 2.24) is 14.6 Å². The van der Waals surface area contributed by atoms with Gasteiger partial charge in [0.05, 0.1) is 5.52 Å². The molecule has 6 nitrogen and oxygen atoms in total. The number of nitrogens with one attached hydrogen (secondary N) is 1. The van der Waals surface area contributed by atoms with Crippen LogP contribution >= 0.6 is 11.9 Å². The number of amides is 1. The number of aliphatic hydroxyl groups is 1. The number of aliphatic hydroxyl groups excluding tert-OH is 1. The van der Waals surface area contributed by atoms with Crippen molar-refractivity contribution in [2.75, 3.05) is 26.2 Å². The number of rotatable bonds is 8. The van der Waals surface area contributed by atoms with Crippen molar-refractivity contribution in [3.8, 4) is 0 Å². The van der Waals surface area contributed by atoms with Gasteiger partial charge in [-0.3, -0.25) is 4.98 Å². The number of benzene rings is 2. The first kappa shape index (κ1) is 42.5. The molecule has 1 amide bonds. The maximum atomic E-state index is 10.5. The van der Waals surface area contributed by atoms with E-state index in [1.165, 1.54) is 31.2 Å². The molecule has 3 N–H and O–H groups in total. The zero-order valence-electron chi connectivity index (χ0n) is 28.5. The van der Waals surface area contributed by atoms with E-state index in [1.54, 1.807) is 18.9 Å². The highest BCUT2D eigenvalue weighted by Gasteiger charge is 2.12. The van der Waals surface area contributed by atoms with Gasteiger partial charge in [-0.05, 0) is 56.2 Å². The topological polar surface area (TPSA) is 85.7 Å². The number of fused-ring (bicyclic) bond motifs is 1. The third-order valence-corrected chi connectivity index (χ3v) is 6.95. The summed E-state index contributed by atoms with van der Waals surface area (Å²) in [6.07, 6.45) is 7.58. The van der Waals surface area contributed by atoms with Gasteiger partial charge in [0, 0.05) is 42.7 Å². The van der Waals surface area contributed by atoms with E-state index in [1.807, 2.05) is 64.2 Å². The standard InChI is InChI=1S/C17H23N3O2S.C7H8.C6H12.C2H6O.2C2H6/c1-13(2)12-20(11-5-10-19-17(21)22)23-15-8-3-6-14-7-4-9-18-16(14)15;1-7-5-3-2-4-6-7;1-6-4-2-3-5-6;1-2-3;2*1-2/h3-4,6-9,13,19H,5,10-12H2,1-2H3,(H,21,22);2-6H,1H3;6H,2-5H2,1H3;3H,2H2,1H3;2*1-2H3. The van der Waals surface area contributed by atoms with Crippen molar-refractivity contribution >= 4 is 28.9 Å². The van der Waals surface area contributed by atoms with Gasteiger partial charge < -0.3 is 15.5 Å². The Morgan fingerprint density at radius 3 is 2.05 bits per heavy atom. The molecule has 1 aromatic heterocycles. The van der Waals surface area contributed by atoms with Crippen LogP contribution < -0.4 is 5.32 Å². The zero-order valence-corrected chi connectivity index (χ0v) is 29.3. The van der Waals surface area contributed by atoms with E-state index in [4.69, 9.17) is 10.2 Å². The van der Waals surface area contributed by atoms with Crippen LogP contribution in [0.2, 0.25) is 0 Å². The molecule has 7 heteroatoms. The second kappa shape index (κ2) is 29.5. The average Bonchev–Trinajstić information content (AvgIpc) is 3.49. The molecule has 1 aliphatic carbocycles. The Balaban J connectivity index is 0. The molecule has 244 valence electrons. The summed E-state index contributed by atoms with van der Waals surface area (Å²) in [5.74, 6) is 1.59. The lowest BCUT2D eigenvalue weighted by Crippen LogP contribution is -2.27. The van der Waals surface area contributed by atoms with Gasteiger partial charge in [0.15, 0.2) is 0 Å². The highest BCUT2D eigenvalue weighted by molar-refractivity contribution is 7.97. The van der Waals surface area contributed by atoms with E-state index < -0.39 is 6.09 Å². The number of nitrogens with zero attached hydrogens (tertiary/aromatic N) is 2. The minimum absolute atomic E-state index is 0.250. The van der Waals surface area contributed by atoms with Gasteiger partial charge in [0.2, 0.25) is 0 Å². The fourth-order valence-corrected chi connectivity index (χ4v) is 5.25. The summed E-state index contributed by atoms with van der Waals surface area (Å²) in [5.41, 5.74) is 2.33. The molecule has 1 saturated carbocycles. The van der Waals surface area contributed by atoms with Crippen LogP contribution in [0, 0.1) is 18.8 Å². The lowest BCUT2D eigenvalue weighted by molar-refractivity contribution is 0.194. The van der Waals surface area contributed by atoms with Gasteiger partial charge in [-0.25, -0.2) is 9.10 Å². The summed E-state index contributed by atoms with van der Waals surface area (Å²) >= 11 is 1.70. The van der Waals surface area contributed by atoms with Crippen LogP contribution in [0.25, 0.3) is 10.9 Å². The summed E-state index contributed by atoms with van der Waals surface area (Å²) in [6, 6.07) is 20.5. The molecule has 0 spiro atoms. The number of hydrogen-bond donors (Lipinski definition) is 3. The van der Waals surface area contributed by atoms with E-state index in [9.17, 15) is 4.79 Å². The lowest BCUT2D eigenvalue weighted by Gasteiger charge is -2.23. The maximum absolute atomic E-state index is 10.5. The van der Waals surface area contributed by atoms with Crippen molar-refractivity contribution in [2.24, 2.45) is 11.8 Å². The average molecular weight is 616 g/mol. The molecule has 0 atom stereocenters. The molecule has 0 saturated heterocycles. The Bertz CT molecular complexity index is 1020. The minimum atomic E-state index is -0.966. The van der Waals surface area contributed by atoms with E-state index >= 15 is 0 Å². The molecule has 3 aromatic rings. The Kier molecular flexibility index (Phi) is 29.1. The number of aryl methyl sites for hydroxylation is 1. The fourth-order valence-electron chi connectivity index (χ4n) is 3.99. The maximum Gasteiger partial charge on any atom is 0.404 e. The summed E-state index contributed by atoms with van der Waals surface area (Å²) in [6.45, 7) is 21.0. The highest BCUT2D eigenvalue weighted by atomic mass is 32.2. The van der Waals surface area contributed by atoms with Crippen LogP contribution in [-0.2, 0) is 0 Å². The summed E-state index contributed by atoms with van der Waals surface area (Å²) < 4.78 is 2.29. The fraction of sp³-hybridized carbons (Fsp3) is 0.556. The van der Waals surface area contributed by atoms with Crippen LogP contribution in [-0.4, -0.2) is 51.8 Å². The molecule has 43 heavy (non-hydrogen) atoms. The number of carboxylic acid groups (broad SMARTS) is 1. The van der Waals surface area contributed by atoms with Crippen LogP contribution in [0.1, 0.15) is 93.1 Å². The first-order valence-corrected chi connectivity index (χ1v) is 16.9. The molecule has 1 heterocycles. The highest BCUT2D eigenvalue weighted by Crippen LogP contribution is 2.29. The smallest absolute Gasteiger partial charge is 0.404 e. The summed E-state index contributed by atoms with van der Waals surface area (Å²) in [4.78, 5) is 16.2. The minimum Gasteiger partial charge on any atom is -0.465 e. The van der Waals surface area contributed by atoms with E-state index in [0.29, 0.717) is 12.5 Å². The molecular weight excluding hydrogens is 554 g/mol. The monoisotopic (exact) mass is 615 g/mol. The third-order valence-electron chi connectivity index (χ3n) is 5.84. The van der Waals surface area contributed by atoms with Gasteiger partial charge >= 0.3 is 6.09 Å². The summed E-state index contributed by atoms with van der Waals surface area (Å²) in [5, 5.41) is 19.8. The van der Waals surface area contributed by atoms with Crippen molar-refractivity contribution in [2.45, 2.75) is 99.3 Å². The molecule has 0 radical (unpaired) electrons. The SMILES string of the molecule is CC.CC.CC(C)CN(CCCNC(=O)O)Sc1cccc2cccnc12.CC1CCCC1.CCO.Cc1ccccc1. The van der Waals surface area contributed by atoms with Crippen LogP contribution in [0.5, 0.6) is 0 Å². The quantitative estimate of drug-likeness (QED) is 0.173. The third kappa shape index (κ3) is 23.5. The molecule has 1 fully saturated rings. The van der Waals surface area contributed by atoms with E-state index in [-0.39, 0.29) is 6.61 Å². The number of carbonyl (C=O) groups is 1. The normalized spacial score (nSPS) is 11.7. The van der Waals surface area contributed by atoms with Gasteiger partial charge in [0.1, 0.15) is 0 Å². The number of hydrogen-bond acceptors (Lipinski definition) is 5. The Hall–Kier alpha value is -2.61. The Morgan fingerprint density at radius 2 is 1.58 bits per heavy atom. The van der Waals surface area contributed by atoms with Crippen molar-refractivity contribution in [3.63, 3.8) is 0 Å². The predicted molar refractivity (Wildman–Crippen MR) is 189 cm³/mol. The second-order valence-corrected chi connectivity index (χ2v) is 11.3. The van der Waals surface area contributed by atoms with Gasteiger partial charge in [-0.1, -0.05) is 128 Å². The van der Waals surface area contributed by atoms with Gasteiger partial charge in [-0.2, -0.15) is 0 Å². The Morgan fingerprint density at radius 1 is 1.00 bits per heavy atom. The van der Waals surface area contributed by atoms with Crippen LogP contribution in [0.15, 0.2) is 71.8 Å². The molecule has 4 rings (SSSR count). The second-order valence-electron chi connectivity index (χ2n) is 10.2. The molecule has 2 aromatic carbocycles. The lowest BCUT2D eigenvalue weighted by atomic mass is 10.2. The molecule has 0 bridgehead atoms. The van der Waals surface area contributed by atoms with Gasteiger partial charge in [-0.15, -0.1) is 0 Å². The molecule has 0 unspecified atom stereocenters. The van der Waals surface area contributed by atoms with Crippen molar-refractivity contribution < 1.29 is 15.0 Å². The number of aromatic nitrogens is 1. The van der Waals surface area contributed by atoms with Crippen LogP contribution in [0.4, 0.5) is 4.79 Å². The number of pyridine rings is 1.